The zero-order valence-corrected chi connectivity index (χ0v) is 32.7. The molecule has 2 saturated heterocycles. The molecule has 0 aromatic heterocycles. The Morgan fingerprint density at radius 2 is 1.46 bits per heavy atom. The van der Waals surface area contributed by atoms with E-state index in [1.807, 2.05) is 0 Å². The first-order chi connectivity index (χ1) is 25.2. The maximum Gasteiger partial charge on any atom is 0.335 e. The minimum Gasteiger partial charge on any atom is -0.481 e. The number of hydrogen-bond donors (Lipinski definition) is 7. The van der Waals surface area contributed by atoms with Crippen molar-refractivity contribution in [1.29, 1.82) is 0 Å². The Hall–Kier alpha value is -1.68. The third-order valence-corrected chi connectivity index (χ3v) is 17.1. The quantitative estimate of drug-likeness (QED) is 0.147. The molecule has 13 heteroatoms. The van der Waals surface area contributed by atoms with Crippen LogP contribution in [-0.4, -0.2) is 116 Å². The average molecular weight is 765 g/mol. The van der Waals surface area contributed by atoms with Gasteiger partial charge in [-0.05, 0) is 122 Å². The van der Waals surface area contributed by atoms with Crippen molar-refractivity contribution < 1.29 is 64.3 Å². The molecule has 306 valence electrons. The number of hydrogen-bond acceptors (Lipinski definition) is 11. The number of carboxylic acids is 2. The van der Waals surface area contributed by atoms with Crippen molar-refractivity contribution >= 4 is 11.9 Å². The van der Waals surface area contributed by atoms with E-state index in [-0.39, 0.29) is 22.7 Å². The lowest BCUT2D eigenvalue weighted by Gasteiger charge is -2.73. The largest absolute Gasteiger partial charge is 0.481 e. The van der Waals surface area contributed by atoms with Crippen LogP contribution < -0.4 is 0 Å². The third-order valence-electron chi connectivity index (χ3n) is 17.1. The molecule has 54 heavy (non-hydrogen) atoms. The van der Waals surface area contributed by atoms with Gasteiger partial charge in [0, 0.05) is 0 Å². The molecule has 3 unspecified atom stereocenters. The predicted molar refractivity (Wildman–Crippen MR) is 192 cm³/mol. The molecule has 7 aliphatic rings. The van der Waals surface area contributed by atoms with Crippen molar-refractivity contribution in [2.45, 2.75) is 161 Å². The highest BCUT2D eigenvalue weighted by molar-refractivity contribution is 5.73. The molecule has 7 rings (SSSR count). The molecule has 0 radical (unpaired) electrons. The van der Waals surface area contributed by atoms with E-state index in [1.54, 1.807) is 0 Å². The summed E-state index contributed by atoms with van der Waals surface area (Å²) in [7, 11) is 0. The minimum absolute atomic E-state index is 0.0820. The Balaban J connectivity index is 1.16. The van der Waals surface area contributed by atoms with Gasteiger partial charge in [-0.25, -0.2) is 4.79 Å². The Morgan fingerprint density at radius 3 is 2.11 bits per heavy atom. The highest BCUT2D eigenvalue weighted by Gasteiger charge is 2.73. The molecule has 5 aliphatic carbocycles. The average Bonchev–Trinajstić information content (AvgIpc) is 3.53. The third kappa shape index (κ3) is 5.88. The summed E-state index contributed by atoms with van der Waals surface area (Å²) < 4.78 is 23.3. The second-order valence-corrected chi connectivity index (χ2v) is 19.6. The second kappa shape index (κ2) is 14.0. The number of ether oxygens (including phenoxy) is 4. The Bertz CT molecular complexity index is 1470. The molecule has 0 aromatic carbocycles. The van der Waals surface area contributed by atoms with Crippen LogP contribution in [-0.2, 0) is 28.5 Å². The lowest BCUT2D eigenvalue weighted by Crippen LogP contribution is -2.70. The standard InChI is InChI=1S/C41H64O13/c1-18(2)20-9-8-19-12-15-40(6)21(27(19)20)10-11-24-39(5)14-13-26(38(3,4)25(39)16-22(34(47)48)41(24,40)7)52-37-31(46)32(30(45)33(54-37)35(49)50)53-36-29(44)28(43)23(42)17-51-36/h19-33,36-37,42-46H,1,8-17H2,2-7H3,(H,47,48)(H,49,50)/t19-,20+,21-,22?,23-,24?,25+,26?,27-,28+,29-,30+,31-,32+,33+,36+,37-,39-,40-,41-/m1/s1. The van der Waals surface area contributed by atoms with Gasteiger partial charge in [-0.2, -0.15) is 0 Å². The van der Waals surface area contributed by atoms with Crippen LogP contribution in [0.15, 0.2) is 12.2 Å². The van der Waals surface area contributed by atoms with Gasteiger partial charge in [-0.1, -0.05) is 46.8 Å². The first-order valence-corrected chi connectivity index (χ1v) is 20.3. The number of carbonyl (C=O) groups is 2. The molecule has 2 aliphatic heterocycles. The van der Waals surface area contributed by atoms with Crippen molar-refractivity contribution in [3.05, 3.63) is 12.2 Å². The van der Waals surface area contributed by atoms with E-state index in [0.717, 1.165) is 32.1 Å². The van der Waals surface area contributed by atoms with Gasteiger partial charge in [0.15, 0.2) is 18.7 Å². The number of fused-ring (bicyclic) bond motifs is 7. The van der Waals surface area contributed by atoms with Gasteiger partial charge in [0.2, 0.25) is 0 Å². The molecule has 5 saturated carbocycles. The fourth-order valence-corrected chi connectivity index (χ4v) is 14.3. The number of aliphatic hydroxyl groups is 5. The lowest BCUT2D eigenvalue weighted by molar-refractivity contribution is -0.358. The number of allylic oxidation sites excluding steroid dienone is 1. The van der Waals surface area contributed by atoms with Gasteiger partial charge in [0.25, 0.3) is 0 Å². The molecule has 13 nitrogen and oxygen atoms in total. The SMILES string of the molecule is C=C(C)[C@@H]1CC[C@@H]2CC[C@]3(C)[C@H](CCC4[C@@]3(C)C(C(=O)O)C[C@H]3C(C)(C)C(O[C@@H]5O[C@H](C(=O)O)[C@@H](O)[C@H](O[C@@H]6OC[C@@H](O)[C@H](O)[C@H]6O)[C@H]5O)CC[C@]43C)[C@H]21. The molecule has 0 aromatic rings. The lowest BCUT2D eigenvalue weighted by atomic mass is 9.31. The molecule has 0 amide bonds. The Morgan fingerprint density at radius 1 is 0.759 bits per heavy atom. The fraction of sp³-hybridized carbons (Fsp3) is 0.902. The van der Waals surface area contributed by atoms with Crippen LogP contribution in [0.5, 0.6) is 0 Å². The summed E-state index contributed by atoms with van der Waals surface area (Å²) in [5, 5.41) is 74.1. The van der Waals surface area contributed by atoms with Crippen molar-refractivity contribution in [1.82, 2.24) is 0 Å². The Kier molecular flexibility index (Phi) is 10.5. The van der Waals surface area contributed by atoms with Crippen LogP contribution >= 0.6 is 0 Å². The highest BCUT2D eigenvalue weighted by atomic mass is 16.7. The summed E-state index contributed by atoms with van der Waals surface area (Å²) in [6.07, 6.45) is -7.26. The first kappa shape index (κ1) is 40.5. The van der Waals surface area contributed by atoms with E-state index in [1.165, 1.54) is 18.4 Å². The number of aliphatic carboxylic acids is 2. The molecule has 0 bridgehead atoms. The molecule has 7 fully saturated rings. The van der Waals surface area contributed by atoms with Crippen molar-refractivity contribution in [2.24, 2.45) is 63.1 Å². The van der Waals surface area contributed by atoms with Gasteiger partial charge in [-0.15, -0.1) is 0 Å². The van der Waals surface area contributed by atoms with Crippen LogP contribution in [0.1, 0.15) is 99.3 Å². The molecular formula is C41H64O13. The maximum absolute atomic E-state index is 13.6. The topological polar surface area (TPSA) is 213 Å². The van der Waals surface area contributed by atoms with Crippen molar-refractivity contribution in [3.63, 3.8) is 0 Å². The van der Waals surface area contributed by atoms with E-state index in [9.17, 15) is 45.3 Å². The van der Waals surface area contributed by atoms with Crippen LogP contribution in [0.2, 0.25) is 0 Å². The smallest absolute Gasteiger partial charge is 0.335 e. The van der Waals surface area contributed by atoms with Crippen LogP contribution in [0.3, 0.4) is 0 Å². The monoisotopic (exact) mass is 764 g/mol. The van der Waals surface area contributed by atoms with Gasteiger partial charge in [0.1, 0.15) is 36.6 Å². The van der Waals surface area contributed by atoms with Crippen LogP contribution in [0.4, 0.5) is 0 Å². The van der Waals surface area contributed by atoms with Gasteiger partial charge < -0.3 is 54.7 Å². The van der Waals surface area contributed by atoms with Crippen molar-refractivity contribution in [3.8, 4) is 0 Å². The summed E-state index contributed by atoms with van der Waals surface area (Å²) in [4.78, 5) is 25.9. The number of carboxylic acid groups (broad SMARTS) is 2. The molecule has 7 N–H and O–H groups in total. The van der Waals surface area contributed by atoms with Gasteiger partial charge in [0.05, 0.1) is 18.6 Å². The zero-order chi connectivity index (χ0) is 39.4. The van der Waals surface area contributed by atoms with E-state index < -0.39 is 96.7 Å². The summed E-state index contributed by atoms with van der Waals surface area (Å²) in [5.41, 5.74) is -0.162. The number of rotatable bonds is 7. The van der Waals surface area contributed by atoms with Crippen LogP contribution in [0.25, 0.3) is 0 Å². The van der Waals surface area contributed by atoms with E-state index in [2.05, 4.69) is 48.1 Å². The summed E-state index contributed by atoms with van der Waals surface area (Å²) in [5.74, 6) is -0.622. The minimum atomic E-state index is -1.89. The predicted octanol–water partition coefficient (Wildman–Crippen LogP) is 3.33. The normalized spacial score (nSPS) is 54.0. The summed E-state index contributed by atoms with van der Waals surface area (Å²) in [6, 6.07) is 0. The van der Waals surface area contributed by atoms with E-state index in [0.29, 0.717) is 36.5 Å². The maximum atomic E-state index is 13.6. The number of aliphatic hydroxyl groups excluding tert-OH is 5. The first-order valence-electron chi connectivity index (χ1n) is 20.3. The van der Waals surface area contributed by atoms with Crippen molar-refractivity contribution in [2.75, 3.05) is 6.61 Å². The molecule has 0 spiro atoms. The van der Waals surface area contributed by atoms with Gasteiger partial charge >= 0.3 is 11.9 Å². The summed E-state index contributed by atoms with van der Waals surface area (Å²) >= 11 is 0. The van der Waals surface area contributed by atoms with Gasteiger partial charge in [-0.3, -0.25) is 4.79 Å². The van der Waals surface area contributed by atoms with E-state index >= 15 is 0 Å². The molecular weight excluding hydrogens is 700 g/mol. The van der Waals surface area contributed by atoms with Crippen LogP contribution in [0, 0.1) is 63.1 Å². The summed E-state index contributed by atoms with van der Waals surface area (Å²) in [6.45, 7) is 17.4. The second-order valence-electron chi connectivity index (χ2n) is 19.6. The van der Waals surface area contributed by atoms with E-state index in [4.69, 9.17) is 18.9 Å². The highest BCUT2D eigenvalue weighted by Crippen LogP contribution is 2.77. The zero-order valence-electron chi connectivity index (χ0n) is 32.7. The molecule has 2 heterocycles. The molecule has 20 atom stereocenters. The fourth-order valence-electron chi connectivity index (χ4n) is 14.3. The Labute approximate surface area is 318 Å².